The molecular formula is C29H32ClN5O5. The number of aromatic amines is 1. The summed E-state index contributed by atoms with van der Waals surface area (Å²) in [5.41, 5.74) is 2.67. The topological polar surface area (TPSA) is 137 Å². The number of hydrogen-bond acceptors (Lipinski definition) is 7. The molecule has 1 aliphatic rings. The molecule has 2 atom stereocenters. The Morgan fingerprint density at radius 2 is 1.93 bits per heavy atom. The van der Waals surface area contributed by atoms with Crippen LogP contribution in [0, 0.1) is 29.1 Å². The van der Waals surface area contributed by atoms with Gasteiger partial charge in [0.05, 0.1) is 29.0 Å². The van der Waals surface area contributed by atoms with Gasteiger partial charge >= 0.3 is 12.1 Å². The smallest absolute Gasteiger partial charge is 0.412 e. The Morgan fingerprint density at radius 3 is 2.62 bits per heavy atom. The van der Waals surface area contributed by atoms with Crippen LogP contribution in [0.25, 0.3) is 22.0 Å². The highest BCUT2D eigenvalue weighted by molar-refractivity contribution is 6.33. The molecule has 2 N–H and O–H groups in total. The molecule has 1 aromatic heterocycles. The molecule has 40 heavy (non-hydrogen) atoms. The summed E-state index contributed by atoms with van der Waals surface area (Å²) in [6, 6.07) is 12.7. The number of anilines is 1. The molecule has 0 bridgehead atoms. The van der Waals surface area contributed by atoms with Crippen LogP contribution in [0.4, 0.5) is 10.6 Å². The van der Waals surface area contributed by atoms with Gasteiger partial charge in [0, 0.05) is 35.0 Å². The van der Waals surface area contributed by atoms with Gasteiger partial charge in [-0.3, -0.25) is 14.7 Å². The molecular weight excluding hydrogens is 534 g/mol. The van der Waals surface area contributed by atoms with Crippen molar-refractivity contribution in [1.29, 1.82) is 5.26 Å². The maximum atomic E-state index is 13.3. The molecule has 1 saturated heterocycles. The summed E-state index contributed by atoms with van der Waals surface area (Å²) in [6.07, 6.45) is -0.428. The van der Waals surface area contributed by atoms with Gasteiger partial charge in [-0.15, -0.1) is 0 Å². The number of piperidine rings is 1. The minimum absolute atomic E-state index is 0.164. The first-order valence-corrected chi connectivity index (χ1v) is 13.6. The largest absolute Gasteiger partial charge is 0.425 e. The number of halogens is 1. The predicted molar refractivity (Wildman–Crippen MR) is 150 cm³/mol. The van der Waals surface area contributed by atoms with E-state index in [4.69, 9.17) is 21.1 Å². The highest BCUT2D eigenvalue weighted by atomic mass is 35.5. The molecule has 0 saturated carbocycles. The van der Waals surface area contributed by atoms with E-state index >= 15 is 0 Å². The van der Waals surface area contributed by atoms with E-state index in [2.05, 4.69) is 21.6 Å². The standard InChI is InChI=1S/C29H32ClN5O5/c1-16(2)27(37)39-28(17(3)4)40-29(38)35-11-5-6-20(15-35)26(36)32-25-22-13-19(8-10-24(22)33-34-25)21-12-18(14-31)7-9-23(21)30/h7-10,12-13,16-17,20,28H,5-6,11,15H2,1-4H3,(H2,32,33,34,36). The maximum absolute atomic E-state index is 13.3. The van der Waals surface area contributed by atoms with E-state index in [-0.39, 0.29) is 24.3 Å². The number of aromatic nitrogens is 2. The van der Waals surface area contributed by atoms with Crippen molar-refractivity contribution in [2.24, 2.45) is 17.8 Å². The second-order valence-corrected chi connectivity index (χ2v) is 10.9. The molecule has 11 heteroatoms. The number of carbonyl (C=O) groups excluding carboxylic acids is 3. The number of likely N-dealkylation sites (tertiary alicyclic amines) is 1. The first-order valence-electron chi connectivity index (χ1n) is 13.2. The number of fused-ring (bicyclic) bond motifs is 1. The van der Waals surface area contributed by atoms with Crippen LogP contribution in [0.2, 0.25) is 5.02 Å². The zero-order chi connectivity index (χ0) is 29.0. The molecule has 0 aliphatic carbocycles. The van der Waals surface area contributed by atoms with E-state index in [1.54, 1.807) is 45.9 Å². The van der Waals surface area contributed by atoms with Gasteiger partial charge in [-0.05, 0) is 48.7 Å². The molecule has 3 aromatic rings. The average molecular weight is 566 g/mol. The number of amides is 2. The van der Waals surface area contributed by atoms with Crippen molar-refractivity contribution in [3.05, 3.63) is 47.0 Å². The predicted octanol–water partition coefficient (Wildman–Crippen LogP) is 5.72. The molecule has 1 aliphatic heterocycles. The Balaban J connectivity index is 1.46. The van der Waals surface area contributed by atoms with Gasteiger partial charge < -0.3 is 19.7 Å². The minimum Gasteiger partial charge on any atom is -0.425 e. The third kappa shape index (κ3) is 6.54. The zero-order valence-corrected chi connectivity index (χ0v) is 23.6. The molecule has 1 fully saturated rings. The first kappa shape index (κ1) is 28.9. The zero-order valence-electron chi connectivity index (χ0n) is 22.9. The monoisotopic (exact) mass is 565 g/mol. The van der Waals surface area contributed by atoms with Crippen LogP contribution < -0.4 is 5.32 Å². The van der Waals surface area contributed by atoms with Crippen molar-refractivity contribution in [1.82, 2.24) is 15.1 Å². The van der Waals surface area contributed by atoms with E-state index < -0.39 is 24.3 Å². The average Bonchev–Trinajstić information content (AvgIpc) is 3.34. The number of rotatable bonds is 7. The van der Waals surface area contributed by atoms with E-state index in [1.807, 2.05) is 18.2 Å². The highest BCUT2D eigenvalue weighted by Gasteiger charge is 2.32. The number of nitrogens with zero attached hydrogens (tertiary/aromatic N) is 3. The first-order chi connectivity index (χ1) is 19.1. The van der Waals surface area contributed by atoms with Crippen LogP contribution in [-0.4, -0.2) is 52.4 Å². The second kappa shape index (κ2) is 12.4. The lowest BCUT2D eigenvalue weighted by Gasteiger charge is -2.33. The van der Waals surface area contributed by atoms with Crippen molar-refractivity contribution in [3.8, 4) is 17.2 Å². The molecule has 210 valence electrons. The van der Waals surface area contributed by atoms with Crippen LogP contribution in [0.3, 0.4) is 0 Å². The van der Waals surface area contributed by atoms with Gasteiger partial charge in [0.1, 0.15) is 0 Å². The van der Waals surface area contributed by atoms with Gasteiger partial charge in [-0.2, -0.15) is 10.4 Å². The highest BCUT2D eigenvalue weighted by Crippen LogP contribution is 2.33. The summed E-state index contributed by atoms with van der Waals surface area (Å²) < 4.78 is 10.9. The summed E-state index contributed by atoms with van der Waals surface area (Å²) >= 11 is 6.40. The lowest BCUT2D eigenvalue weighted by atomic mass is 9.97. The van der Waals surface area contributed by atoms with Crippen LogP contribution in [0.1, 0.15) is 46.1 Å². The third-order valence-electron chi connectivity index (χ3n) is 6.73. The summed E-state index contributed by atoms with van der Waals surface area (Å²) in [7, 11) is 0. The van der Waals surface area contributed by atoms with Gasteiger partial charge in [-0.1, -0.05) is 45.4 Å². The van der Waals surface area contributed by atoms with Gasteiger partial charge in [-0.25, -0.2) is 4.79 Å². The normalized spacial score (nSPS) is 16.1. The lowest BCUT2D eigenvalue weighted by Crippen LogP contribution is -2.46. The van der Waals surface area contributed by atoms with Crippen LogP contribution >= 0.6 is 11.6 Å². The molecule has 2 unspecified atom stereocenters. The third-order valence-corrected chi connectivity index (χ3v) is 7.06. The van der Waals surface area contributed by atoms with Crippen molar-refractivity contribution < 1.29 is 23.9 Å². The number of nitrogens with one attached hydrogen (secondary N) is 2. The van der Waals surface area contributed by atoms with E-state index in [0.717, 1.165) is 11.1 Å². The fourth-order valence-electron chi connectivity index (χ4n) is 4.39. The Morgan fingerprint density at radius 1 is 1.15 bits per heavy atom. The van der Waals surface area contributed by atoms with Gasteiger partial charge in [0.2, 0.25) is 5.91 Å². The fraction of sp³-hybridized carbons (Fsp3) is 0.414. The van der Waals surface area contributed by atoms with E-state index in [9.17, 15) is 19.6 Å². The van der Waals surface area contributed by atoms with Crippen LogP contribution in [0.15, 0.2) is 36.4 Å². The lowest BCUT2D eigenvalue weighted by molar-refractivity contribution is -0.180. The summed E-state index contributed by atoms with van der Waals surface area (Å²) in [4.78, 5) is 39.7. The Kier molecular flexibility index (Phi) is 8.95. The summed E-state index contributed by atoms with van der Waals surface area (Å²) in [5.74, 6) is -1.42. The maximum Gasteiger partial charge on any atom is 0.412 e. The number of esters is 1. The molecule has 10 nitrogen and oxygen atoms in total. The number of benzene rings is 2. The number of ether oxygens (including phenoxy) is 2. The molecule has 2 amide bonds. The molecule has 0 radical (unpaired) electrons. The van der Waals surface area contributed by atoms with Crippen LogP contribution in [0.5, 0.6) is 0 Å². The summed E-state index contributed by atoms with van der Waals surface area (Å²) in [6.45, 7) is 7.61. The van der Waals surface area contributed by atoms with Crippen molar-refractivity contribution >= 4 is 46.3 Å². The molecule has 2 heterocycles. The second-order valence-electron chi connectivity index (χ2n) is 10.5. The fourth-order valence-corrected chi connectivity index (χ4v) is 4.62. The minimum atomic E-state index is -1.01. The van der Waals surface area contributed by atoms with Crippen molar-refractivity contribution in [2.75, 3.05) is 18.4 Å². The number of carbonyl (C=O) groups is 3. The van der Waals surface area contributed by atoms with Crippen molar-refractivity contribution in [3.63, 3.8) is 0 Å². The Hall–Kier alpha value is -4.10. The Labute approximate surface area is 237 Å². The molecule has 0 spiro atoms. The molecule has 2 aromatic carbocycles. The van der Waals surface area contributed by atoms with Crippen molar-refractivity contribution in [2.45, 2.75) is 46.8 Å². The number of hydrogen-bond donors (Lipinski definition) is 2. The van der Waals surface area contributed by atoms with Crippen LogP contribution in [-0.2, 0) is 19.1 Å². The van der Waals surface area contributed by atoms with E-state index in [0.29, 0.717) is 46.7 Å². The number of nitriles is 1. The quantitative estimate of drug-likeness (QED) is 0.276. The van der Waals surface area contributed by atoms with E-state index in [1.165, 1.54) is 4.90 Å². The molecule has 4 rings (SSSR count). The summed E-state index contributed by atoms with van der Waals surface area (Å²) in [5, 5.41) is 20.5. The number of H-pyrrole nitrogens is 1. The van der Waals surface area contributed by atoms with Gasteiger partial charge in [0.25, 0.3) is 6.29 Å². The SMILES string of the molecule is CC(C)C(=O)OC(OC(=O)N1CCCC(C(=O)Nc2n[nH]c3ccc(-c4cc(C#N)ccc4Cl)cc23)C1)C(C)C. The Bertz CT molecular complexity index is 1460. The van der Waals surface area contributed by atoms with Gasteiger partial charge in [0.15, 0.2) is 5.82 Å².